The Morgan fingerprint density at radius 2 is 1.72 bits per heavy atom. The van der Waals surface area contributed by atoms with Gasteiger partial charge in [0.2, 0.25) is 0 Å². The molecular weight excluding hydrogens is 312 g/mol. The van der Waals surface area contributed by atoms with Gasteiger partial charge in [-0.05, 0) is 42.5 Å². The van der Waals surface area contributed by atoms with Crippen molar-refractivity contribution in [2.75, 3.05) is 0 Å². The van der Waals surface area contributed by atoms with E-state index in [9.17, 15) is 4.79 Å². The molecule has 0 spiro atoms. The van der Waals surface area contributed by atoms with Crippen LogP contribution in [0.3, 0.4) is 0 Å². The highest BCUT2D eigenvalue weighted by atomic mass is 16.2. The molecule has 5 rings (SSSR count). The maximum absolute atomic E-state index is 13.4. The molecule has 0 saturated carbocycles. The molecular formula is C20H20N4O. The van der Waals surface area contributed by atoms with E-state index < -0.39 is 0 Å². The number of amides is 1. The summed E-state index contributed by atoms with van der Waals surface area (Å²) in [6.07, 6.45) is 7.79. The molecule has 2 fully saturated rings. The summed E-state index contributed by atoms with van der Waals surface area (Å²) >= 11 is 0. The second-order valence-corrected chi connectivity index (χ2v) is 7.13. The lowest BCUT2D eigenvalue weighted by Crippen LogP contribution is -2.47. The van der Waals surface area contributed by atoms with Crippen molar-refractivity contribution in [2.45, 2.75) is 43.8 Å². The molecule has 2 aliphatic rings. The third-order valence-electron chi connectivity index (χ3n) is 5.78. The Morgan fingerprint density at radius 1 is 0.960 bits per heavy atom. The minimum Gasteiger partial charge on any atom is -0.333 e. The highest BCUT2D eigenvalue weighted by Crippen LogP contribution is 2.41. The molecule has 2 aliphatic heterocycles. The molecule has 0 N–H and O–H groups in total. The molecule has 126 valence electrons. The van der Waals surface area contributed by atoms with Crippen molar-refractivity contribution in [3.63, 3.8) is 0 Å². The van der Waals surface area contributed by atoms with Gasteiger partial charge < -0.3 is 4.90 Å². The summed E-state index contributed by atoms with van der Waals surface area (Å²) < 4.78 is 1.96. The van der Waals surface area contributed by atoms with Crippen LogP contribution in [0.5, 0.6) is 0 Å². The van der Waals surface area contributed by atoms with Gasteiger partial charge in [-0.15, -0.1) is 5.10 Å². The van der Waals surface area contributed by atoms with Crippen LogP contribution in [0.2, 0.25) is 0 Å². The maximum atomic E-state index is 13.4. The lowest BCUT2D eigenvalue weighted by atomic mass is 9.95. The van der Waals surface area contributed by atoms with E-state index in [0.29, 0.717) is 18.1 Å². The zero-order chi connectivity index (χ0) is 16.8. The Labute approximate surface area is 146 Å². The number of aromatic nitrogens is 3. The van der Waals surface area contributed by atoms with Crippen molar-refractivity contribution in [3.05, 3.63) is 60.4 Å². The van der Waals surface area contributed by atoms with Crippen LogP contribution in [0.4, 0.5) is 0 Å². The molecule has 2 bridgehead atoms. The molecule has 1 aromatic heterocycles. The highest BCUT2D eigenvalue weighted by molar-refractivity contribution is 6.07. The van der Waals surface area contributed by atoms with Gasteiger partial charge in [-0.3, -0.25) is 4.79 Å². The molecule has 3 heterocycles. The molecule has 0 radical (unpaired) electrons. The molecule has 1 amide bonds. The van der Waals surface area contributed by atoms with Gasteiger partial charge in [0.25, 0.3) is 5.91 Å². The third-order valence-corrected chi connectivity index (χ3v) is 5.78. The van der Waals surface area contributed by atoms with Crippen molar-refractivity contribution < 1.29 is 4.79 Å². The van der Waals surface area contributed by atoms with E-state index in [0.717, 1.165) is 42.0 Å². The number of rotatable bonds is 2. The molecule has 2 saturated heterocycles. The first-order chi connectivity index (χ1) is 12.3. The predicted molar refractivity (Wildman–Crippen MR) is 95.2 cm³/mol. The van der Waals surface area contributed by atoms with Gasteiger partial charge in [0, 0.05) is 23.8 Å². The van der Waals surface area contributed by atoms with Gasteiger partial charge in [0.15, 0.2) is 0 Å². The number of fused-ring (bicyclic) bond motifs is 3. The van der Waals surface area contributed by atoms with Crippen LogP contribution >= 0.6 is 0 Å². The predicted octanol–water partition coefficient (Wildman–Crippen LogP) is 3.44. The van der Waals surface area contributed by atoms with Crippen molar-refractivity contribution in [2.24, 2.45) is 0 Å². The number of nitrogens with zero attached hydrogens (tertiary/aromatic N) is 4. The first-order valence-electron chi connectivity index (χ1n) is 8.97. The van der Waals surface area contributed by atoms with E-state index in [-0.39, 0.29) is 5.91 Å². The Morgan fingerprint density at radius 3 is 2.48 bits per heavy atom. The van der Waals surface area contributed by atoms with Crippen LogP contribution < -0.4 is 0 Å². The van der Waals surface area contributed by atoms with Crippen LogP contribution in [0.15, 0.2) is 54.9 Å². The number of hydrogen-bond donors (Lipinski definition) is 0. The summed E-state index contributed by atoms with van der Waals surface area (Å²) in [6.45, 7) is 0. The first kappa shape index (κ1) is 14.6. The fraction of sp³-hybridized carbons (Fsp3) is 0.350. The van der Waals surface area contributed by atoms with Crippen LogP contribution in [-0.4, -0.2) is 37.9 Å². The average molecular weight is 332 g/mol. The Kier molecular flexibility index (Phi) is 3.33. The van der Waals surface area contributed by atoms with Crippen molar-refractivity contribution in [1.82, 2.24) is 19.9 Å². The summed E-state index contributed by atoms with van der Waals surface area (Å²) in [4.78, 5) is 15.5. The fourth-order valence-electron chi connectivity index (χ4n) is 4.66. The smallest absolute Gasteiger partial charge is 0.254 e. The van der Waals surface area contributed by atoms with Gasteiger partial charge in [-0.2, -0.15) is 0 Å². The van der Waals surface area contributed by atoms with E-state index in [1.165, 1.54) is 0 Å². The second kappa shape index (κ2) is 5.69. The number of benzene rings is 2. The van der Waals surface area contributed by atoms with Crippen molar-refractivity contribution in [1.29, 1.82) is 0 Å². The van der Waals surface area contributed by atoms with E-state index in [1.54, 1.807) is 6.20 Å². The fourth-order valence-corrected chi connectivity index (χ4v) is 4.66. The monoisotopic (exact) mass is 332 g/mol. The largest absolute Gasteiger partial charge is 0.333 e. The van der Waals surface area contributed by atoms with E-state index in [2.05, 4.69) is 27.3 Å². The number of hydrogen-bond acceptors (Lipinski definition) is 3. The third kappa shape index (κ3) is 2.34. The Bertz CT molecular complexity index is 901. The number of piperidine rings is 1. The zero-order valence-corrected chi connectivity index (χ0v) is 14.0. The van der Waals surface area contributed by atoms with Gasteiger partial charge >= 0.3 is 0 Å². The minimum atomic E-state index is 0.182. The standard InChI is InChI=1S/C20H20N4O/c25-20(19-7-3-5-14-4-1-2-6-18(14)19)24-15-8-9-16(24)13-17(12-15)23-11-10-21-22-23/h1-7,10-11,15-17H,8-9,12-13H2. The van der Waals surface area contributed by atoms with Gasteiger partial charge in [0.1, 0.15) is 0 Å². The summed E-state index contributed by atoms with van der Waals surface area (Å²) in [6, 6.07) is 15.1. The number of carbonyl (C=O) groups is 1. The van der Waals surface area contributed by atoms with Gasteiger partial charge in [-0.1, -0.05) is 41.6 Å². The summed E-state index contributed by atoms with van der Waals surface area (Å²) in [5.41, 5.74) is 0.828. The zero-order valence-electron chi connectivity index (χ0n) is 14.0. The lowest BCUT2D eigenvalue weighted by Gasteiger charge is -2.39. The van der Waals surface area contributed by atoms with Crippen LogP contribution in [0.25, 0.3) is 10.8 Å². The molecule has 5 heteroatoms. The molecule has 3 aromatic rings. The molecule has 2 unspecified atom stereocenters. The number of carbonyl (C=O) groups excluding carboxylic acids is 1. The Balaban J connectivity index is 1.47. The van der Waals surface area contributed by atoms with E-state index in [4.69, 9.17) is 0 Å². The maximum Gasteiger partial charge on any atom is 0.254 e. The summed E-state index contributed by atoms with van der Waals surface area (Å²) in [5, 5.41) is 10.3. The van der Waals surface area contributed by atoms with E-state index in [1.807, 2.05) is 41.2 Å². The lowest BCUT2D eigenvalue weighted by molar-refractivity contribution is 0.0525. The summed E-state index contributed by atoms with van der Waals surface area (Å²) in [7, 11) is 0. The normalized spacial score (nSPS) is 25.4. The highest BCUT2D eigenvalue weighted by Gasteiger charge is 2.44. The molecule has 2 aromatic carbocycles. The van der Waals surface area contributed by atoms with Crippen LogP contribution in [0, 0.1) is 0 Å². The Hall–Kier alpha value is -2.69. The molecule has 0 aliphatic carbocycles. The minimum absolute atomic E-state index is 0.182. The van der Waals surface area contributed by atoms with Gasteiger partial charge in [0.05, 0.1) is 12.2 Å². The molecule has 5 nitrogen and oxygen atoms in total. The average Bonchev–Trinajstić information content (AvgIpc) is 3.27. The van der Waals surface area contributed by atoms with Crippen LogP contribution in [0.1, 0.15) is 42.1 Å². The SMILES string of the molecule is O=C(c1cccc2ccccc12)N1C2CCC1CC(n1ccnn1)C2. The topological polar surface area (TPSA) is 51.0 Å². The quantitative estimate of drug-likeness (QED) is 0.722. The molecule has 25 heavy (non-hydrogen) atoms. The van der Waals surface area contributed by atoms with Crippen molar-refractivity contribution in [3.8, 4) is 0 Å². The summed E-state index contributed by atoms with van der Waals surface area (Å²) in [5.74, 6) is 0.182. The molecule has 2 atom stereocenters. The van der Waals surface area contributed by atoms with Crippen LogP contribution in [-0.2, 0) is 0 Å². The first-order valence-corrected chi connectivity index (χ1v) is 8.97. The van der Waals surface area contributed by atoms with E-state index >= 15 is 0 Å². The second-order valence-electron chi connectivity index (χ2n) is 7.13. The van der Waals surface area contributed by atoms with Gasteiger partial charge in [-0.25, -0.2) is 4.68 Å². The van der Waals surface area contributed by atoms with Crippen molar-refractivity contribution >= 4 is 16.7 Å².